The van der Waals surface area contributed by atoms with E-state index in [1.54, 1.807) is 38.5 Å². The summed E-state index contributed by atoms with van der Waals surface area (Å²) in [6.07, 6.45) is 0.883. The second kappa shape index (κ2) is 8.96. The molecule has 0 saturated carbocycles. The molecule has 0 radical (unpaired) electrons. The summed E-state index contributed by atoms with van der Waals surface area (Å²) in [6.45, 7) is 5.04. The van der Waals surface area contributed by atoms with Gasteiger partial charge in [-0.2, -0.15) is 0 Å². The molecule has 0 aliphatic carbocycles. The first-order valence-electron chi connectivity index (χ1n) is 9.68. The molecule has 0 saturated heterocycles. The van der Waals surface area contributed by atoms with E-state index in [9.17, 15) is 9.59 Å². The lowest BCUT2D eigenvalue weighted by atomic mass is 9.97. The maximum Gasteiger partial charge on any atom is 0.282 e. The highest BCUT2D eigenvalue weighted by Gasteiger charge is 2.30. The predicted octanol–water partition coefficient (Wildman–Crippen LogP) is 1.63. The molecule has 29 heavy (non-hydrogen) atoms. The topological polar surface area (TPSA) is 81.1 Å². The fourth-order valence-corrected chi connectivity index (χ4v) is 3.63. The first kappa shape index (κ1) is 20.7. The number of anilines is 2. The Morgan fingerprint density at radius 1 is 0.966 bits per heavy atom. The molecule has 3 N–H and O–H groups in total. The van der Waals surface area contributed by atoms with Crippen LogP contribution in [0.15, 0.2) is 36.4 Å². The van der Waals surface area contributed by atoms with Gasteiger partial charge in [0.15, 0.2) is 17.5 Å². The van der Waals surface area contributed by atoms with E-state index in [1.807, 2.05) is 19.1 Å². The average molecular weight is 398 g/mol. The van der Waals surface area contributed by atoms with Crippen molar-refractivity contribution in [3.63, 3.8) is 0 Å². The van der Waals surface area contributed by atoms with Gasteiger partial charge in [0, 0.05) is 30.3 Å². The highest BCUT2D eigenvalue weighted by Crippen LogP contribution is 2.31. The molecule has 154 valence electrons. The Labute approximate surface area is 171 Å². The van der Waals surface area contributed by atoms with Gasteiger partial charge in [0.2, 0.25) is 5.91 Å². The average Bonchev–Trinajstić information content (AvgIpc) is 2.72. The minimum absolute atomic E-state index is 0.0313. The Morgan fingerprint density at radius 2 is 1.52 bits per heavy atom. The van der Waals surface area contributed by atoms with Crippen LogP contribution in [0.5, 0.6) is 11.5 Å². The zero-order valence-electron chi connectivity index (χ0n) is 17.3. The third-order valence-electron chi connectivity index (χ3n) is 5.32. The molecular weight excluding hydrogens is 370 g/mol. The van der Waals surface area contributed by atoms with E-state index in [0.29, 0.717) is 17.1 Å². The van der Waals surface area contributed by atoms with Crippen molar-refractivity contribution >= 4 is 23.2 Å². The summed E-state index contributed by atoms with van der Waals surface area (Å²) < 4.78 is 10.8. The van der Waals surface area contributed by atoms with Crippen molar-refractivity contribution in [1.29, 1.82) is 0 Å². The Bertz CT molecular complexity index is 896. The molecule has 7 nitrogen and oxygen atoms in total. The fraction of sp³-hybridized carbons (Fsp3) is 0.364. The monoisotopic (exact) mass is 398 g/mol. The van der Waals surface area contributed by atoms with Crippen LogP contribution >= 0.6 is 0 Å². The summed E-state index contributed by atoms with van der Waals surface area (Å²) in [5, 5.41) is 5.68. The van der Waals surface area contributed by atoms with E-state index in [2.05, 4.69) is 10.6 Å². The Kier molecular flexibility index (Phi) is 6.39. The van der Waals surface area contributed by atoms with E-state index < -0.39 is 0 Å². The van der Waals surface area contributed by atoms with Crippen molar-refractivity contribution < 1.29 is 24.0 Å². The minimum atomic E-state index is -0.203. The predicted molar refractivity (Wildman–Crippen MR) is 112 cm³/mol. The van der Waals surface area contributed by atoms with Crippen LogP contribution in [0.25, 0.3) is 0 Å². The smallest absolute Gasteiger partial charge is 0.282 e. The number of fused-ring (bicyclic) bond motifs is 1. The van der Waals surface area contributed by atoms with Crippen LogP contribution in [0.1, 0.15) is 25.0 Å². The third-order valence-corrected chi connectivity index (χ3v) is 5.32. The lowest BCUT2D eigenvalue weighted by Gasteiger charge is -2.30. The normalized spacial score (nSPS) is 16.3. The van der Waals surface area contributed by atoms with Crippen molar-refractivity contribution in [3.05, 3.63) is 47.5 Å². The van der Waals surface area contributed by atoms with Crippen molar-refractivity contribution in [3.8, 4) is 11.5 Å². The number of hydrogen-bond acceptors (Lipinski definition) is 4. The van der Waals surface area contributed by atoms with Crippen LogP contribution in [0.2, 0.25) is 0 Å². The molecule has 0 spiro atoms. The van der Waals surface area contributed by atoms with E-state index in [0.717, 1.165) is 25.3 Å². The van der Waals surface area contributed by atoms with E-state index in [4.69, 9.17) is 9.47 Å². The van der Waals surface area contributed by atoms with Crippen LogP contribution in [-0.4, -0.2) is 38.6 Å². The standard InChI is InChI=1S/C22H27N3O4/c1-14(22(27)24-19-7-5-18(6-8-19)23-15(2)26)25-10-9-16-11-20(28-3)21(29-4)12-17(16)13-25/h5-8,11-12,14H,9-10,13H2,1-4H3,(H,23,26)(H,24,27)/p+1/t14-/m1/s1. The Balaban J connectivity index is 1.65. The van der Waals surface area contributed by atoms with Gasteiger partial charge in [0.05, 0.1) is 20.8 Å². The van der Waals surface area contributed by atoms with Crippen molar-refractivity contribution in [2.24, 2.45) is 0 Å². The SMILES string of the molecule is COc1cc2c(cc1OC)C[NH+]([C@H](C)C(=O)Nc1ccc(NC(C)=O)cc1)CC2. The van der Waals surface area contributed by atoms with Crippen LogP contribution in [0.3, 0.4) is 0 Å². The summed E-state index contributed by atoms with van der Waals surface area (Å²) in [5.41, 5.74) is 3.83. The molecule has 2 aromatic carbocycles. The second-order valence-electron chi connectivity index (χ2n) is 7.28. The lowest BCUT2D eigenvalue weighted by Crippen LogP contribution is -3.16. The first-order chi connectivity index (χ1) is 13.9. The van der Waals surface area contributed by atoms with Crippen molar-refractivity contribution in [1.82, 2.24) is 0 Å². The number of amides is 2. The number of nitrogens with one attached hydrogen (secondary N) is 3. The van der Waals surface area contributed by atoms with E-state index in [1.165, 1.54) is 23.0 Å². The molecule has 2 aromatic rings. The molecule has 0 fully saturated rings. The highest BCUT2D eigenvalue weighted by atomic mass is 16.5. The zero-order valence-corrected chi connectivity index (χ0v) is 17.3. The number of rotatable bonds is 6. The molecule has 0 aromatic heterocycles. The van der Waals surface area contributed by atoms with Gasteiger partial charge in [-0.3, -0.25) is 9.59 Å². The quantitative estimate of drug-likeness (QED) is 0.691. The minimum Gasteiger partial charge on any atom is -0.493 e. The lowest BCUT2D eigenvalue weighted by molar-refractivity contribution is -0.929. The number of carbonyl (C=O) groups is 2. The number of hydrogen-bond donors (Lipinski definition) is 3. The molecule has 1 aliphatic heterocycles. The molecule has 1 aliphatic rings. The second-order valence-corrected chi connectivity index (χ2v) is 7.28. The number of carbonyl (C=O) groups excluding carboxylic acids is 2. The molecule has 1 heterocycles. The van der Waals surface area contributed by atoms with Gasteiger partial charge in [-0.05, 0) is 48.9 Å². The third kappa shape index (κ3) is 4.86. The van der Waals surface area contributed by atoms with Gasteiger partial charge >= 0.3 is 0 Å². The Morgan fingerprint density at radius 3 is 2.07 bits per heavy atom. The summed E-state index contributed by atoms with van der Waals surface area (Å²) in [6, 6.07) is 11.0. The number of methoxy groups -OCH3 is 2. The van der Waals surface area contributed by atoms with Gasteiger partial charge in [-0.25, -0.2) is 0 Å². The van der Waals surface area contributed by atoms with E-state index in [-0.39, 0.29) is 17.9 Å². The van der Waals surface area contributed by atoms with Gasteiger partial charge in [0.1, 0.15) is 6.54 Å². The summed E-state index contributed by atoms with van der Waals surface area (Å²) in [5.74, 6) is 1.29. The van der Waals surface area contributed by atoms with Crippen LogP contribution in [0.4, 0.5) is 11.4 Å². The molecule has 1 unspecified atom stereocenters. The van der Waals surface area contributed by atoms with Gasteiger partial charge in [-0.1, -0.05) is 0 Å². The fourth-order valence-electron chi connectivity index (χ4n) is 3.63. The zero-order chi connectivity index (χ0) is 21.0. The molecule has 2 amide bonds. The summed E-state index contributed by atoms with van der Waals surface area (Å²) >= 11 is 0. The van der Waals surface area contributed by atoms with Crippen LogP contribution < -0.4 is 25.0 Å². The van der Waals surface area contributed by atoms with Crippen LogP contribution in [0, 0.1) is 0 Å². The number of quaternary nitrogens is 1. The van der Waals surface area contributed by atoms with Gasteiger partial charge in [-0.15, -0.1) is 0 Å². The molecule has 2 atom stereocenters. The summed E-state index contributed by atoms with van der Waals surface area (Å²) in [7, 11) is 3.27. The largest absolute Gasteiger partial charge is 0.493 e. The molecule has 0 bridgehead atoms. The first-order valence-corrected chi connectivity index (χ1v) is 9.68. The number of ether oxygens (including phenoxy) is 2. The summed E-state index contributed by atoms with van der Waals surface area (Å²) in [4.78, 5) is 25.1. The molecule has 7 heteroatoms. The number of benzene rings is 2. The van der Waals surface area contributed by atoms with Crippen LogP contribution in [-0.2, 0) is 22.6 Å². The molecular formula is C22H28N3O4+. The molecule has 3 rings (SSSR count). The van der Waals surface area contributed by atoms with Gasteiger partial charge < -0.3 is 25.0 Å². The van der Waals surface area contributed by atoms with Crippen molar-refractivity contribution in [2.45, 2.75) is 32.9 Å². The Hall–Kier alpha value is -3.06. The van der Waals surface area contributed by atoms with Crippen molar-refractivity contribution in [2.75, 3.05) is 31.4 Å². The maximum atomic E-state index is 12.8. The maximum absolute atomic E-state index is 12.8. The van der Waals surface area contributed by atoms with Gasteiger partial charge in [0.25, 0.3) is 5.91 Å². The van der Waals surface area contributed by atoms with E-state index >= 15 is 0 Å². The highest BCUT2D eigenvalue weighted by molar-refractivity contribution is 5.94.